The zero-order valence-corrected chi connectivity index (χ0v) is 10.8. The highest BCUT2D eigenvalue weighted by Crippen LogP contribution is 2.25. The summed E-state index contributed by atoms with van der Waals surface area (Å²) >= 11 is 0. The van der Waals surface area contributed by atoms with Gasteiger partial charge in [-0.2, -0.15) is 0 Å². The van der Waals surface area contributed by atoms with E-state index in [4.69, 9.17) is 5.73 Å². The van der Waals surface area contributed by atoms with E-state index in [1.54, 1.807) is 12.4 Å². The lowest BCUT2D eigenvalue weighted by atomic mass is 10.0. The zero-order chi connectivity index (χ0) is 13.7. The molecule has 1 aliphatic rings. The highest BCUT2D eigenvalue weighted by atomic mass is 16.2. The van der Waals surface area contributed by atoms with Crippen LogP contribution in [0.5, 0.6) is 0 Å². The molecule has 0 aliphatic heterocycles. The van der Waals surface area contributed by atoms with Crippen molar-refractivity contribution in [3.63, 3.8) is 0 Å². The Hall–Kier alpha value is -1.91. The lowest BCUT2D eigenvalue weighted by Gasteiger charge is -2.18. The maximum absolute atomic E-state index is 11.9. The van der Waals surface area contributed by atoms with Crippen LogP contribution in [0.2, 0.25) is 0 Å². The number of nitrogens with one attached hydrogen (secondary N) is 1. The van der Waals surface area contributed by atoms with E-state index in [9.17, 15) is 9.59 Å². The Bertz CT molecular complexity index is 447. The van der Waals surface area contributed by atoms with Crippen molar-refractivity contribution >= 4 is 11.8 Å². The van der Waals surface area contributed by atoms with Crippen molar-refractivity contribution in [1.29, 1.82) is 0 Å². The Morgan fingerprint density at radius 2 is 2.26 bits per heavy atom. The highest BCUT2D eigenvalue weighted by molar-refractivity contribution is 5.80. The molecule has 0 radical (unpaired) electrons. The van der Waals surface area contributed by atoms with Crippen LogP contribution in [0, 0.1) is 5.92 Å². The third-order valence-corrected chi connectivity index (χ3v) is 3.59. The number of aromatic nitrogens is 1. The van der Waals surface area contributed by atoms with Crippen molar-refractivity contribution in [2.24, 2.45) is 11.7 Å². The van der Waals surface area contributed by atoms with Crippen molar-refractivity contribution in [1.82, 2.24) is 10.3 Å². The Morgan fingerprint density at radius 1 is 1.42 bits per heavy atom. The minimum absolute atomic E-state index is 0.0259. The first kappa shape index (κ1) is 13.5. The van der Waals surface area contributed by atoms with E-state index in [2.05, 4.69) is 10.3 Å². The molecule has 1 saturated carbocycles. The van der Waals surface area contributed by atoms with Gasteiger partial charge in [-0.3, -0.25) is 14.6 Å². The first-order valence-electron chi connectivity index (χ1n) is 6.64. The quantitative estimate of drug-likeness (QED) is 0.821. The smallest absolute Gasteiger partial charge is 0.222 e. The molecule has 1 fully saturated rings. The number of aryl methyl sites for hydroxylation is 1. The minimum atomic E-state index is -0.310. The fraction of sp³-hybridized carbons (Fsp3) is 0.500. The molecule has 2 amide bonds. The number of pyridine rings is 1. The van der Waals surface area contributed by atoms with Gasteiger partial charge in [0.25, 0.3) is 0 Å². The average Bonchev–Trinajstić information content (AvgIpc) is 2.86. The number of primary amides is 1. The molecular formula is C14H19N3O2. The van der Waals surface area contributed by atoms with Crippen LogP contribution in [-0.4, -0.2) is 22.8 Å². The van der Waals surface area contributed by atoms with Crippen LogP contribution in [0.25, 0.3) is 0 Å². The largest absolute Gasteiger partial charge is 0.369 e. The first-order valence-corrected chi connectivity index (χ1v) is 6.64. The zero-order valence-electron chi connectivity index (χ0n) is 10.8. The van der Waals surface area contributed by atoms with Crippen LogP contribution >= 0.6 is 0 Å². The maximum atomic E-state index is 11.9. The van der Waals surface area contributed by atoms with Gasteiger partial charge in [0.15, 0.2) is 0 Å². The Kier molecular flexibility index (Phi) is 4.49. The molecule has 2 atom stereocenters. The van der Waals surface area contributed by atoms with Crippen LogP contribution in [0.4, 0.5) is 0 Å². The third-order valence-electron chi connectivity index (χ3n) is 3.59. The van der Waals surface area contributed by atoms with E-state index >= 15 is 0 Å². The summed E-state index contributed by atoms with van der Waals surface area (Å²) in [6.45, 7) is 0. The molecular weight excluding hydrogens is 242 g/mol. The van der Waals surface area contributed by atoms with E-state index in [1.165, 1.54) is 0 Å². The number of carbonyl (C=O) groups is 2. The van der Waals surface area contributed by atoms with Gasteiger partial charge in [0.2, 0.25) is 11.8 Å². The predicted octanol–water partition coefficient (Wildman–Crippen LogP) is 0.784. The number of hydrogen-bond acceptors (Lipinski definition) is 3. The number of rotatable bonds is 5. The first-order chi connectivity index (χ1) is 9.16. The van der Waals surface area contributed by atoms with E-state index in [0.29, 0.717) is 12.8 Å². The highest BCUT2D eigenvalue weighted by Gasteiger charge is 2.32. The van der Waals surface area contributed by atoms with Gasteiger partial charge in [-0.1, -0.05) is 12.5 Å². The molecule has 19 heavy (non-hydrogen) atoms. The molecule has 3 N–H and O–H groups in total. The second kappa shape index (κ2) is 6.31. The van der Waals surface area contributed by atoms with Gasteiger partial charge in [0.05, 0.1) is 5.92 Å². The molecule has 1 aromatic heterocycles. The fourth-order valence-corrected chi connectivity index (χ4v) is 2.56. The van der Waals surface area contributed by atoms with E-state index < -0.39 is 0 Å². The molecule has 0 saturated heterocycles. The molecule has 102 valence electrons. The molecule has 0 bridgehead atoms. The SMILES string of the molecule is NC(=O)[C@H]1CCC[C@@H]1NC(=O)CCc1cccnc1. The lowest BCUT2D eigenvalue weighted by Crippen LogP contribution is -2.42. The summed E-state index contributed by atoms with van der Waals surface area (Å²) in [5, 5.41) is 2.92. The van der Waals surface area contributed by atoms with Crippen molar-refractivity contribution < 1.29 is 9.59 Å². The number of amides is 2. The Morgan fingerprint density at radius 3 is 2.95 bits per heavy atom. The number of carbonyl (C=O) groups excluding carboxylic acids is 2. The monoisotopic (exact) mass is 261 g/mol. The summed E-state index contributed by atoms with van der Waals surface area (Å²) in [5.74, 6) is -0.542. The summed E-state index contributed by atoms with van der Waals surface area (Å²) in [7, 11) is 0. The van der Waals surface area contributed by atoms with Crippen LogP contribution in [0.3, 0.4) is 0 Å². The molecule has 2 rings (SSSR count). The number of nitrogens with two attached hydrogens (primary N) is 1. The van der Waals surface area contributed by atoms with Crippen molar-refractivity contribution in [2.75, 3.05) is 0 Å². The van der Waals surface area contributed by atoms with E-state index in [0.717, 1.165) is 24.8 Å². The van der Waals surface area contributed by atoms with E-state index in [-0.39, 0.29) is 23.8 Å². The summed E-state index contributed by atoms with van der Waals surface area (Å²) in [6, 6.07) is 3.72. The van der Waals surface area contributed by atoms with Gasteiger partial charge in [0, 0.05) is 24.9 Å². The number of hydrogen-bond donors (Lipinski definition) is 2. The van der Waals surface area contributed by atoms with Crippen LogP contribution < -0.4 is 11.1 Å². The molecule has 0 aromatic carbocycles. The van der Waals surface area contributed by atoms with Crippen LogP contribution in [0.1, 0.15) is 31.2 Å². The van der Waals surface area contributed by atoms with Gasteiger partial charge >= 0.3 is 0 Å². The van der Waals surface area contributed by atoms with E-state index in [1.807, 2.05) is 12.1 Å². The average molecular weight is 261 g/mol. The minimum Gasteiger partial charge on any atom is -0.369 e. The molecule has 0 unspecified atom stereocenters. The Labute approximate surface area is 112 Å². The fourth-order valence-electron chi connectivity index (χ4n) is 2.56. The van der Waals surface area contributed by atoms with Crippen molar-refractivity contribution in [2.45, 2.75) is 38.1 Å². The van der Waals surface area contributed by atoms with Gasteiger partial charge in [-0.15, -0.1) is 0 Å². The molecule has 1 aliphatic carbocycles. The predicted molar refractivity (Wildman–Crippen MR) is 71.0 cm³/mol. The molecule has 5 heteroatoms. The van der Waals surface area contributed by atoms with Gasteiger partial charge in [0.1, 0.15) is 0 Å². The van der Waals surface area contributed by atoms with Crippen LogP contribution in [-0.2, 0) is 16.0 Å². The summed E-state index contributed by atoms with van der Waals surface area (Å²) in [4.78, 5) is 27.1. The van der Waals surface area contributed by atoms with Gasteiger partial charge < -0.3 is 11.1 Å². The maximum Gasteiger partial charge on any atom is 0.222 e. The molecule has 1 heterocycles. The lowest BCUT2D eigenvalue weighted by molar-refractivity contribution is -0.124. The molecule has 1 aromatic rings. The normalized spacial score (nSPS) is 22.1. The van der Waals surface area contributed by atoms with Crippen molar-refractivity contribution in [3.8, 4) is 0 Å². The van der Waals surface area contributed by atoms with Crippen molar-refractivity contribution in [3.05, 3.63) is 30.1 Å². The van der Waals surface area contributed by atoms with Gasteiger partial charge in [-0.25, -0.2) is 0 Å². The van der Waals surface area contributed by atoms with Crippen LogP contribution in [0.15, 0.2) is 24.5 Å². The standard InChI is InChI=1S/C14H19N3O2/c15-14(19)11-4-1-5-12(11)17-13(18)7-6-10-3-2-8-16-9-10/h2-3,8-9,11-12H,1,4-7H2,(H2,15,19)(H,17,18)/t11-,12-/m0/s1. The summed E-state index contributed by atoms with van der Waals surface area (Å²) < 4.78 is 0. The second-order valence-electron chi connectivity index (χ2n) is 4.98. The second-order valence-corrected chi connectivity index (χ2v) is 4.98. The molecule has 5 nitrogen and oxygen atoms in total. The van der Waals surface area contributed by atoms with Gasteiger partial charge in [-0.05, 0) is 30.9 Å². The topological polar surface area (TPSA) is 85.1 Å². The third kappa shape index (κ3) is 3.77. The Balaban J connectivity index is 1.80. The summed E-state index contributed by atoms with van der Waals surface area (Å²) in [6.07, 6.45) is 7.10. The summed E-state index contributed by atoms with van der Waals surface area (Å²) in [5.41, 5.74) is 6.37. The number of nitrogens with zero attached hydrogens (tertiary/aromatic N) is 1. The molecule has 0 spiro atoms.